The number of hydrogen-bond acceptors (Lipinski definition) is 4. The average molecular weight is 455 g/mol. The third-order valence-electron chi connectivity index (χ3n) is 4.98. The summed E-state index contributed by atoms with van der Waals surface area (Å²) >= 11 is 6.36. The fraction of sp³-hybridized carbons (Fsp3) is 0.208. The Bertz CT molecular complexity index is 1200. The van der Waals surface area contributed by atoms with Crippen LogP contribution >= 0.6 is 19.2 Å². The first-order chi connectivity index (χ1) is 15.1. The molecule has 0 spiro atoms. The van der Waals surface area contributed by atoms with E-state index in [1.165, 1.54) is 0 Å². The van der Waals surface area contributed by atoms with Gasteiger partial charge in [-0.3, -0.25) is 4.57 Å². The highest BCUT2D eigenvalue weighted by Gasteiger charge is 2.41. The molecule has 160 valence electrons. The van der Waals surface area contributed by atoms with Crippen molar-refractivity contribution in [2.24, 2.45) is 0 Å². The summed E-state index contributed by atoms with van der Waals surface area (Å²) in [4.78, 5) is 0. The van der Waals surface area contributed by atoms with Gasteiger partial charge in [-0.05, 0) is 49.7 Å². The van der Waals surface area contributed by atoms with Crippen LogP contribution in [0.5, 0.6) is 0 Å². The van der Waals surface area contributed by atoms with Gasteiger partial charge >= 0.3 is 7.60 Å². The van der Waals surface area contributed by atoms with Crippen molar-refractivity contribution in [3.8, 4) is 5.69 Å². The van der Waals surface area contributed by atoms with Gasteiger partial charge in [0.15, 0.2) is 0 Å². The first-order valence-electron chi connectivity index (χ1n) is 10.2. The minimum atomic E-state index is -3.61. The minimum absolute atomic E-state index is 0.263. The molecule has 0 aliphatic carbocycles. The summed E-state index contributed by atoms with van der Waals surface area (Å²) in [6, 6.07) is 24.9. The Hall–Kier alpha value is -2.43. The molecular weight excluding hydrogens is 431 g/mol. The van der Waals surface area contributed by atoms with Crippen molar-refractivity contribution in [2.45, 2.75) is 19.5 Å². The van der Waals surface area contributed by atoms with E-state index in [1.54, 1.807) is 6.07 Å². The molecule has 0 amide bonds. The van der Waals surface area contributed by atoms with E-state index in [0.29, 0.717) is 5.02 Å². The van der Waals surface area contributed by atoms with Gasteiger partial charge in [-0.1, -0.05) is 60.1 Å². The highest BCUT2D eigenvalue weighted by molar-refractivity contribution is 7.54. The summed E-state index contributed by atoms with van der Waals surface area (Å²) in [5.41, 5.74) is 2.47. The third-order valence-corrected chi connectivity index (χ3v) is 7.63. The van der Waals surface area contributed by atoms with E-state index in [1.807, 2.05) is 91.3 Å². The molecule has 0 unspecified atom stereocenters. The number of fused-ring (bicyclic) bond motifs is 1. The van der Waals surface area contributed by atoms with Crippen LogP contribution in [0, 0.1) is 0 Å². The second-order valence-electron chi connectivity index (χ2n) is 6.98. The quantitative estimate of drug-likeness (QED) is 0.268. The van der Waals surface area contributed by atoms with Gasteiger partial charge in [0, 0.05) is 10.4 Å². The number of rotatable bonds is 8. The Labute approximate surface area is 187 Å². The first kappa shape index (κ1) is 21.8. The van der Waals surface area contributed by atoms with E-state index >= 15 is 0 Å². The molecule has 0 saturated carbocycles. The topological polar surface area (TPSA) is 53.4 Å². The number of benzene rings is 3. The lowest BCUT2D eigenvalue weighted by Gasteiger charge is -2.27. The van der Waals surface area contributed by atoms with Crippen LogP contribution in [0.4, 0.5) is 0 Å². The zero-order valence-electron chi connectivity index (χ0n) is 17.4. The fourth-order valence-electron chi connectivity index (χ4n) is 3.78. The summed E-state index contributed by atoms with van der Waals surface area (Å²) < 4.78 is 27.7. The number of halogens is 1. The maximum Gasteiger partial charge on any atom is 0.344 e. The van der Waals surface area contributed by atoms with Gasteiger partial charge in [0.1, 0.15) is 5.66 Å². The molecule has 31 heavy (non-hydrogen) atoms. The van der Waals surface area contributed by atoms with E-state index in [9.17, 15) is 4.57 Å². The highest BCUT2D eigenvalue weighted by Crippen LogP contribution is 2.64. The average Bonchev–Trinajstić information content (AvgIpc) is 3.14. The van der Waals surface area contributed by atoms with E-state index in [2.05, 4.69) is 0 Å². The predicted molar refractivity (Wildman–Crippen MR) is 125 cm³/mol. The van der Waals surface area contributed by atoms with Crippen molar-refractivity contribution in [2.75, 3.05) is 13.2 Å². The van der Waals surface area contributed by atoms with Gasteiger partial charge in [0.2, 0.25) is 0 Å². The van der Waals surface area contributed by atoms with Crippen LogP contribution in [-0.4, -0.2) is 23.0 Å². The van der Waals surface area contributed by atoms with Crippen LogP contribution in [0.2, 0.25) is 5.02 Å². The van der Waals surface area contributed by atoms with Crippen molar-refractivity contribution in [1.29, 1.82) is 0 Å². The fourth-order valence-corrected chi connectivity index (χ4v) is 6.13. The second kappa shape index (κ2) is 9.37. The third kappa shape index (κ3) is 4.32. The molecule has 4 rings (SSSR count). The van der Waals surface area contributed by atoms with Gasteiger partial charge in [0.05, 0.1) is 30.1 Å². The maximum absolute atomic E-state index is 14.2. The van der Waals surface area contributed by atoms with Gasteiger partial charge in [-0.2, -0.15) is 5.10 Å². The monoisotopic (exact) mass is 454 g/mol. The molecule has 0 saturated heterocycles. The first-order valence-corrected chi connectivity index (χ1v) is 12.2. The lowest BCUT2D eigenvalue weighted by Crippen LogP contribution is -2.13. The van der Waals surface area contributed by atoms with Crippen molar-refractivity contribution in [3.63, 3.8) is 0 Å². The molecule has 7 heteroatoms. The Balaban J connectivity index is 2.08. The zero-order valence-corrected chi connectivity index (χ0v) is 19.1. The smallest absolute Gasteiger partial charge is 0.308 e. The van der Waals surface area contributed by atoms with Gasteiger partial charge in [-0.15, -0.1) is 0 Å². The molecule has 0 aliphatic rings. The summed E-state index contributed by atoms with van der Waals surface area (Å²) in [6.45, 7) is 4.16. The molecule has 0 aliphatic heterocycles. The molecule has 3 aromatic carbocycles. The zero-order chi connectivity index (χ0) is 21.8. The highest BCUT2D eigenvalue weighted by atomic mass is 35.5. The molecule has 4 aromatic rings. The lowest BCUT2D eigenvalue weighted by atomic mass is 10.1. The molecule has 1 aromatic heterocycles. The Morgan fingerprint density at radius 1 is 0.935 bits per heavy atom. The molecule has 1 atom stereocenters. The largest absolute Gasteiger partial charge is 0.344 e. The summed E-state index contributed by atoms with van der Waals surface area (Å²) in [5, 5.41) is 6.22. The van der Waals surface area contributed by atoms with Crippen LogP contribution in [-0.2, 0) is 13.6 Å². The van der Waals surface area contributed by atoms with Crippen LogP contribution in [0.15, 0.2) is 78.9 Å². The van der Waals surface area contributed by atoms with Gasteiger partial charge in [-0.25, -0.2) is 4.68 Å². The Morgan fingerprint density at radius 2 is 1.55 bits per heavy atom. The van der Waals surface area contributed by atoms with Crippen LogP contribution < -0.4 is 0 Å². The number of hydrogen-bond donors (Lipinski definition) is 0. The number of aromatic nitrogens is 2. The van der Waals surface area contributed by atoms with E-state index in [-0.39, 0.29) is 13.2 Å². The van der Waals surface area contributed by atoms with Crippen LogP contribution in [0.1, 0.15) is 30.8 Å². The van der Waals surface area contributed by atoms with Crippen molar-refractivity contribution >= 4 is 30.1 Å². The van der Waals surface area contributed by atoms with Crippen LogP contribution in [0.3, 0.4) is 0 Å². The van der Waals surface area contributed by atoms with E-state index in [4.69, 9.17) is 25.7 Å². The van der Waals surface area contributed by atoms with Gasteiger partial charge in [0.25, 0.3) is 0 Å². The summed E-state index contributed by atoms with van der Waals surface area (Å²) in [5.74, 6) is 0. The molecule has 0 N–H and O–H groups in total. The minimum Gasteiger partial charge on any atom is -0.308 e. The summed E-state index contributed by atoms with van der Waals surface area (Å²) in [6.07, 6.45) is 0. The van der Waals surface area contributed by atoms with E-state index in [0.717, 1.165) is 27.8 Å². The molecule has 0 fully saturated rings. The number of nitrogens with zero attached hydrogens (tertiary/aromatic N) is 2. The summed E-state index contributed by atoms with van der Waals surface area (Å²) in [7, 11) is -3.61. The Morgan fingerprint density at radius 3 is 2.16 bits per heavy atom. The lowest BCUT2D eigenvalue weighted by molar-refractivity contribution is 0.214. The van der Waals surface area contributed by atoms with Crippen molar-refractivity contribution < 1.29 is 13.6 Å². The molecular formula is C24H24ClN2O3P. The van der Waals surface area contributed by atoms with Crippen LogP contribution in [0.25, 0.3) is 16.6 Å². The van der Waals surface area contributed by atoms with Crippen molar-refractivity contribution in [3.05, 3.63) is 95.1 Å². The Kier molecular flexibility index (Phi) is 6.59. The molecule has 0 bridgehead atoms. The standard InChI is InChI=1S/C24H24ClN2O3P/c1-3-29-31(28,30-4-2)24(18-11-7-5-8-12-18)23-21-17-19(25)15-16-22(21)26-27(23)20-13-9-6-10-14-20/h5-17,24H,3-4H2,1-2H3/t24-/m0/s1. The molecule has 1 heterocycles. The predicted octanol–water partition coefficient (Wildman–Crippen LogP) is 7.03. The SMILES string of the molecule is CCOP(=O)(OCC)[C@@H](c1ccccc1)c1c2cc(Cl)ccc2nn1-c1ccccc1. The van der Waals surface area contributed by atoms with Gasteiger partial charge < -0.3 is 9.05 Å². The molecule has 0 radical (unpaired) electrons. The number of para-hydroxylation sites is 1. The molecule has 5 nitrogen and oxygen atoms in total. The maximum atomic E-state index is 14.2. The second-order valence-corrected chi connectivity index (χ2v) is 9.53. The van der Waals surface area contributed by atoms with Crippen molar-refractivity contribution in [1.82, 2.24) is 9.78 Å². The van der Waals surface area contributed by atoms with E-state index < -0.39 is 13.3 Å². The normalized spacial score (nSPS) is 12.9.